The highest BCUT2D eigenvalue weighted by atomic mass is 16.6. The van der Waals surface area contributed by atoms with E-state index in [4.69, 9.17) is 4.74 Å². The van der Waals surface area contributed by atoms with Gasteiger partial charge in [0.25, 0.3) is 0 Å². The van der Waals surface area contributed by atoms with Gasteiger partial charge >= 0.3 is 6.09 Å². The summed E-state index contributed by atoms with van der Waals surface area (Å²) in [5.74, 6) is 1.08. The zero-order chi connectivity index (χ0) is 23.4. The lowest BCUT2D eigenvalue weighted by Gasteiger charge is -2.37. The molecule has 33 heavy (non-hydrogen) atoms. The van der Waals surface area contributed by atoms with Gasteiger partial charge in [-0.05, 0) is 51.0 Å². The summed E-state index contributed by atoms with van der Waals surface area (Å²) in [5.41, 5.74) is 2.74. The molecule has 10 nitrogen and oxygen atoms in total. The van der Waals surface area contributed by atoms with Crippen molar-refractivity contribution in [3.8, 4) is 5.82 Å². The lowest BCUT2D eigenvalue weighted by molar-refractivity contribution is 0.0240. The van der Waals surface area contributed by atoms with E-state index in [1.165, 1.54) is 5.56 Å². The van der Waals surface area contributed by atoms with E-state index in [0.29, 0.717) is 24.9 Å². The predicted molar refractivity (Wildman–Crippen MR) is 128 cm³/mol. The zero-order valence-electron chi connectivity index (χ0n) is 19.5. The van der Waals surface area contributed by atoms with Gasteiger partial charge < -0.3 is 19.9 Å². The van der Waals surface area contributed by atoms with Crippen LogP contribution in [0.3, 0.4) is 0 Å². The van der Waals surface area contributed by atoms with Crippen LogP contribution in [0.5, 0.6) is 0 Å². The molecule has 1 amide bonds. The average Bonchev–Trinajstić information content (AvgIpc) is 3.27. The molecule has 2 aromatic heterocycles. The maximum Gasteiger partial charge on any atom is 0.410 e. The Balaban J connectivity index is 0.00000324. The Morgan fingerprint density at radius 3 is 2.58 bits per heavy atom. The van der Waals surface area contributed by atoms with E-state index >= 15 is 0 Å². The van der Waals surface area contributed by atoms with Crippen molar-refractivity contribution in [3.05, 3.63) is 48.7 Å². The van der Waals surface area contributed by atoms with Crippen LogP contribution in [0.2, 0.25) is 0 Å². The molecule has 0 radical (unpaired) electrons. The largest absolute Gasteiger partial charge is 0.444 e. The molecule has 0 saturated carbocycles. The van der Waals surface area contributed by atoms with Crippen molar-refractivity contribution in [2.24, 2.45) is 0 Å². The Hall–Kier alpha value is -3.69. The number of ether oxygens (including phenoxy) is 1. The number of nitrogens with zero attached hydrogens (tertiary/aromatic N) is 7. The molecule has 1 aliphatic heterocycles. The van der Waals surface area contributed by atoms with Crippen LogP contribution in [-0.4, -0.2) is 67.5 Å². The quantitative estimate of drug-likeness (QED) is 0.626. The van der Waals surface area contributed by atoms with E-state index in [0.717, 1.165) is 30.9 Å². The van der Waals surface area contributed by atoms with Gasteiger partial charge in [-0.1, -0.05) is 6.92 Å². The second-order valence-electron chi connectivity index (χ2n) is 8.90. The fourth-order valence-electron chi connectivity index (χ4n) is 3.58. The number of benzene rings is 1. The highest BCUT2D eigenvalue weighted by Gasteiger charge is 2.26. The smallest absolute Gasteiger partial charge is 0.410 e. The molecule has 0 unspecified atom stereocenters. The number of hydrogen-bond acceptors (Lipinski definition) is 8. The third-order valence-corrected chi connectivity index (χ3v) is 5.21. The highest BCUT2D eigenvalue weighted by Crippen LogP contribution is 2.26. The second kappa shape index (κ2) is 9.43. The van der Waals surface area contributed by atoms with E-state index < -0.39 is 5.60 Å². The van der Waals surface area contributed by atoms with Gasteiger partial charge in [0.1, 0.15) is 11.9 Å². The number of anilines is 3. The van der Waals surface area contributed by atoms with E-state index in [-0.39, 0.29) is 7.52 Å². The normalized spacial score (nSPS) is 14.3. The molecule has 1 aromatic carbocycles. The minimum Gasteiger partial charge on any atom is -0.444 e. The first-order valence-electron chi connectivity index (χ1n) is 11.1. The second-order valence-corrected chi connectivity index (χ2v) is 8.90. The SMILES string of the molecule is CCc1cc(Nc2ncn(-c3cnccn3)n2)cc(N2CCN(C(=O)OC(C)(C)C)CC2)c1.[HH]. The molecule has 1 aliphatic rings. The molecule has 3 heterocycles. The molecular weight excluding hydrogens is 420 g/mol. The maximum absolute atomic E-state index is 12.4. The molecule has 1 fully saturated rings. The van der Waals surface area contributed by atoms with Crippen molar-refractivity contribution < 1.29 is 11.0 Å². The Bertz CT molecular complexity index is 1090. The van der Waals surface area contributed by atoms with Crippen LogP contribution in [0.25, 0.3) is 5.82 Å². The minimum atomic E-state index is -0.488. The number of hydrogen-bond donors (Lipinski definition) is 1. The number of rotatable bonds is 5. The van der Waals surface area contributed by atoms with E-state index in [1.54, 1.807) is 34.5 Å². The van der Waals surface area contributed by atoms with Crippen molar-refractivity contribution in [2.45, 2.75) is 39.7 Å². The number of piperazine rings is 1. The summed E-state index contributed by atoms with van der Waals surface area (Å²) in [6.45, 7) is 10.5. The first kappa shape index (κ1) is 22.5. The molecule has 4 rings (SSSR count). The van der Waals surface area contributed by atoms with Crippen molar-refractivity contribution in [2.75, 3.05) is 36.4 Å². The standard InChI is InChI=1S/C23H30N8O2.H2/c1-5-17-12-18(27-21-26-16-31(28-21)20-15-24-6-7-25-20)14-19(13-17)29-8-10-30(11-9-29)22(32)33-23(2,3)4;/h6-7,12-16H,5,8-11H2,1-4H3,(H,27,28);1H. The third-order valence-electron chi connectivity index (χ3n) is 5.21. The number of carbonyl (C=O) groups is 1. The predicted octanol–water partition coefficient (Wildman–Crippen LogP) is 3.67. The lowest BCUT2D eigenvalue weighted by atomic mass is 10.1. The van der Waals surface area contributed by atoms with Gasteiger partial charge in [-0.25, -0.2) is 9.78 Å². The summed E-state index contributed by atoms with van der Waals surface area (Å²) >= 11 is 0. The molecule has 10 heteroatoms. The van der Waals surface area contributed by atoms with Crippen LogP contribution >= 0.6 is 0 Å². The van der Waals surface area contributed by atoms with Crippen molar-refractivity contribution >= 4 is 23.4 Å². The molecule has 0 spiro atoms. The summed E-state index contributed by atoms with van der Waals surface area (Å²) in [6.07, 6.45) is 7.12. The van der Waals surface area contributed by atoms with Crippen LogP contribution < -0.4 is 10.2 Å². The molecule has 0 aliphatic carbocycles. The topological polar surface area (TPSA) is 101 Å². The van der Waals surface area contributed by atoms with E-state index in [9.17, 15) is 4.79 Å². The Morgan fingerprint density at radius 2 is 1.91 bits per heavy atom. The Kier molecular flexibility index (Phi) is 6.43. The van der Waals surface area contributed by atoms with E-state index in [2.05, 4.69) is 55.4 Å². The number of nitrogens with one attached hydrogen (secondary N) is 1. The lowest BCUT2D eigenvalue weighted by Crippen LogP contribution is -2.50. The van der Waals surface area contributed by atoms with Gasteiger partial charge in [0.2, 0.25) is 5.95 Å². The van der Waals surface area contributed by atoms with Crippen molar-refractivity contribution in [1.82, 2.24) is 29.6 Å². The fourth-order valence-corrected chi connectivity index (χ4v) is 3.58. The minimum absolute atomic E-state index is 0. The summed E-state index contributed by atoms with van der Waals surface area (Å²) in [4.78, 5) is 29.1. The maximum atomic E-state index is 12.4. The zero-order valence-corrected chi connectivity index (χ0v) is 19.5. The van der Waals surface area contributed by atoms with Crippen LogP contribution in [0.1, 0.15) is 34.7 Å². The molecule has 1 saturated heterocycles. The monoisotopic (exact) mass is 452 g/mol. The Labute approximate surface area is 195 Å². The number of aromatic nitrogens is 5. The number of amides is 1. The van der Waals surface area contributed by atoms with E-state index in [1.807, 2.05) is 20.8 Å². The van der Waals surface area contributed by atoms with Crippen molar-refractivity contribution in [3.63, 3.8) is 0 Å². The number of aryl methyl sites for hydroxylation is 1. The highest BCUT2D eigenvalue weighted by molar-refractivity contribution is 5.69. The first-order valence-corrected chi connectivity index (χ1v) is 11.1. The third kappa shape index (κ3) is 5.76. The summed E-state index contributed by atoms with van der Waals surface area (Å²) in [6, 6.07) is 6.38. The summed E-state index contributed by atoms with van der Waals surface area (Å²) in [7, 11) is 0. The first-order chi connectivity index (χ1) is 15.8. The van der Waals surface area contributed by atoms with Crippen LogP contribution in [0.4, 0.5) is 22.1 Å². The van der Waals surface area contributed by atoms with Gasteiger partial charge in [-0.3, -0.25) is 4.98 Å². The molecule has 176 valence electrons. The molecule has 0 atom stereocenters. The number of carbonyl (C=O) groups excluding carboxylic acids is 1. The molecule has 0 bridgehead atoms. The molecule has 1 N–H and O–H groups in total. The Morgan fingerprint density at radius 1 is 1.12 bits per heavy atom. The van der Waals surface area contributed by atoms with Crippen LogP contribution in [-0.2, 0) is 11.2 Å². The molecular formula is C23H32N8O2. The van der Waals surface area contributed by atoms with Gasteiger partial charge in [-0.15, -0.1) is 5.10 Å². The van der Waals surface area contributed by atoms with Crippen molar-refractivity contribution in [1.29, 1.82) is 0 Å². The van der Waals surface area contributed by atoms with Gasteiger partial charge in [0.15, 0.2) is 5.82 Å². The fraction of sp³-hybridized carbons (Fsp3) is 0.435. The van der Waals surface area contributed by atoms with Gasteiger partial charge in [-0.2, -0.15) is 9.67 Å². The van der Waals surface area contributed by atoms with Crippen LogP contribution in [0.15, 0.2) is 43.1 Å². The van der Waals surface area contributed by atoms with Gasteiger partial charge in [0.05, 0.1) is 6.20 Å². The molecule has 3 aromatic rings. The van der Waals surface area contributed by atoms with Crippen LogP contribution in [0, 0.1) is 0 Å². The summed E-state index contributed by atoms with van der Waals surface area (Å²) in [5, 5.41) is 7.75. The average molecular weight is 453 g/mol. The summed E-state index contributed by atoms with van der Waals surface area (Å²) < 4.78 is 7.09. The van der Waals surface area contributed by atoms with Gasteiger partial charge in [0, 0.05) is 51.4 Å².